The Morgan fingerprint density at radius 3 is 2.57 bits per heavy atom. The highest BCUT2D eigenvalue weighted by atomic mass is 32.2. The van der Waals surface area contributed by atoms with E-state index < -0.39 is 15.8 Å². The van der Waals surface area contributed by atoms with Gasteiger partial charge in [0, 0.05) is 19.3 Å². The second-order valence-corrected chi connectivity index (χ2v) is 6.73. The van der Waals surface area contributed by atoms with E-state index in [-0.39, 0.29) is 23.2 Å². The van der Waals surface area contributed by atoms with Crippen LogP contribution in [0, 0.1) is 5.82 Å². The van der Waals surface area contributed by atoms with Gasteiger partial charge in [-0.2, -0.15) is 9.97 Å². The van der Waals surface area contributed by atoms with Gasteiger partial charge in [-0.3, -0.25) is 5.01 Å². The molecule has 0 aliphatic rings. The molecule has 0 bridgehead atoms. The van der Waals surface area contributed by atoms with Crippen molar-refractivity contribution in [1.82, 2.24) is 19.4 Å². The van der Waals surface area contributed by atoms with Gasteiger partial charge in [-0.1, -0.05) is 0 Å². The summed E-state index contributed by atoms with van der Waals surface area (Å²) in [6.07, 6.45) is 2.28. The number of hydrogen-bond acceptors (Lipinski definition) is 6. The zero-order valence-corrected chi connectivity index (χ0v) is 12.9. The standard InChI is InChI=1S/C11H17FN6O2S/c1-6(2)18-5-7(12)8-9(14-11(13)15-10(8)18)17(3)16-21(4,19)20/h5-6,16H,1-4H3,(H2,13,14,15). The number of hydrazine groups is 1. The summed E-state index contributed by atoms with van der Waals surface area (Å²) in [6.45, 7) is 3.74. The van der Waals surface area contributed by atoms with Crippen LogP contribution in [-0.2, 0) is 10.0 Å². The summed E-state index contributed by atoms with van der Waals surface area (Å²) >= 11 is 0. The van der Waals surface area contributed by atoms with Gasteiger partial charge >= 0.3 is 0 Å². The van der Waals surface area contributed by atoms with Gasteiger partial charge in [0.15, 0.2) is 17.3 Å². The molecule has 0 fully saturated rings. The molecule has 0 atom stereocenters. The molecule has 10 heteroatoms. The maximum atomic E-state index is 14.2. The lowest BCUT2D eigenvalue weighted by molar-refractivity contribution is 0.584. The molecule has 0 aliphatic carbocycles. The van der Waals surface area contributed by atoms with Crippen molar-refractivity contribution in [2.75, 3.05) is 24.0 Å². The molecule has 2 aromatic rings. The largest absolute Gasteiger partial charge is 0.368 e. The van der Waals surface area contributed by atoms with Crippen molar-refractivity contribution in [3.63, 3.8) is 0 Å². The SMILES string of the molecule is CC(C)n1cc(F)c2c(N(C)NS(C)(=O)=O)nc(N)nc21. The molecule has 0 aliphatic heterocycles. The fourth-order valence-corrected chi connectivity index (χ4v) is 2.61. The summed E-state index contributed by atoms with van der Waals surface area (Å²) in [4.78, 5) is 10.2. The number of nitrogen functional groups attached to an aromatic ring is 1. The molecule has 0 amide bonds. The predicted octanol–water partition coefficient (Wildman–Crippen LogP) is 0.634. The molecule has 8 nitrogen and oxygen atoms in total. The highest BCUT2D eigenvalue weighted by Crippen LogP contribution is 2.29. The predicted molar refractivity (Wildman–Crippen MR) is 78.7 cm³/mol. The topological polar surface area (TPSA) is 106 Å². The third-order valence-electron chi connectivity index (χ3n) is 2.80. The Labute approximate surface area is 121 Å². The minimum atomic E-state index is -3.53. The maximum Gasteiger partial charge on any atom is 0.225 e. The fourth-order valence-electron chi connectivity index (χ4n) is 2.03. The number of nitrogens with two attached hydrogens (primary N) is 1. The van der Waals surface area contributed by atoms with Gasteiger partial charge in [0.1, 0.15) is 0 Å². The number of fused-ring (bicyclic) bond motifs is 1. The van der Waals surface area contributed by atoms with Crippen molar-refractivity contribution in [3.8, 4) is 0 Å². The lowest BCUT2D eigenvalue weighted by atomic mass is 10.3. The lowest BCUT2D eigenvalue weighted by Crippen LogP contribution is -2.39. The molecular weight excluding hydrogens is 299 g/mol. The van der Waals surface area contributed by atoms with Crippen LogP contribution in [0.15, 0.2) is 6.20 Å². The summed E-state index contributed by atoms with van der Waals surface area (Å²) in [7, 11) is -2.12. The average Bonchev–Trinajstić information content (AvgIpc) is 2.63. The van der Waals surface area contributed by atoms with E-state index in [0.29, 0.717) is 5.65 Å². The number of sulfonamides is 1. The summed E-state index contributed by atoms with van der Waals surface area (Å²) in [6, 6.07) is -0.0349. The van der Waals surface area contributed by atoms with Gasteiger partial charge in [-0.15, -0.1) is 4.83 Å². The van der Waals surface area contributed by atoms with E-state index in [1.165, 1.54) is 13.2 Å². The van der Waals surface area contributed by atoms with Crippen LogP contribution in [0.2, 0.25) is 0 Å². The minimum absolute atomic E-state index is 0.0349. The summed E-state index contributed by atoms with van der Waals surface area (Å²) in [5.74, 6) is -0.560. The van der Waals surface area contributed by atoms with E-state index in [0.717, 1.165) is 11.3 Å². The Hall–Kier alpha value is -1.94. The second kappa shape index (κ2) is 5.11. The maximum absolute atomic E-state index is 14.2. The quantitative estimate of drug-likeness (QED) is 0.802. The second-order valence-electron chi connectivity index (χ2n) is 5.00. The fraction of sp³-hybridized carbons (Fsp3) is 0.455. The molecule has 2 rings (SSSR count). The van der Waals surface area contributed by atoms with Gasteiger partial charge < -0.3 is 10.3 Å². The van der Waals surface area contributed by atoms with Crippen molar-refractivity contribution < 1.29 is 12.8 Å². The molecule has 2 heterocycles. The van der Waals surface area contributed by atoms with Crippen molar-refractivity contribution in [3.05, 3.63) is 12.0 Å². The number of rotatable bonds is 4. The first-order valence-electron chi connectivity index (χ1n) is 6.15. The highest BCUT2D eigenvalue weighted by molar-refractivity contribution is 7.88. The molecule has 0 aromatic carbocycles. The van der Waals surface area contributed by atoms with Gasteiger partial charge in [-0.25, -0.2) is 12.8 Å². The Balaban J connectivity index is 2.69. The number of aromatic nitrogens is 3. The van der Waals surface area contributed by atoms with Crippen LogP contribution in [-0.4, -0.2) is 36.3 Å². The highest BCUT2D eigenvalue weighted by Gasteiger charge is 2.21. The van der Waals surface area contributed by atoms with Crippen LogP contribution in [0.3, 0.4) is 0 Å². The van der Waals surface area contributed by atoms with Crippen LogP contribution < -0.4 is 15.6 Å². The zero-order chi connectivity index (χ0) is 15.9. The zero-order valence-electron chi connectivity index (χ0n) is 12.1. The minimum Gasteiger partial charge on any atom is -0.368 e. The molecule has 0 spiro atoms. The molecule has 116 valence electrons. The van der Waals surface area contributed by atoms with Gasteiger partial charge in [0.25, 0.3) is 0 Å². The Bertz CT molecular complexity index is 786. The molecule has 0 radical (unpaired) electrons. The van der Waals surface area contributed by atoms with E-state index in [4.69, 9.17) is 5.73 Å². The van der Waals surface area contributed by atoms with E-state index in [2.05, 4.69) is 14.8 Å². The summed E-state index contributed by atoms with van der Waals surface area (Å²) in [5, 5.41) is 1.21. The van der Waals surface area contributed by atoms with Crippen LogP contribution in [0.5, 0.6) is 0 Å². The summed E-state index contributed by atoms with van der Waals surface area (Å²) < 4.78 is 38.4. The number of halogens is 1. The van der Waals surface area contributed by atoms with Crippen molar-refractivity contribution in [2.24, 2.45) is 0 Å². The smallest absolute Gasteiger partial charge is 0.225 e. The molecule has 3 N–H and O–H groups in total. The molecule has 2 aromatic heterocycles. The van der Waals surface area contributed by atoms with E-state index in [1.807, 2.05) is 13.8 Å². The number of nitrogens with one attached hydrogen (secondary N) is 1. The Kier molecular flexibility index (Phi) is 3.76. The van der Waals surface area contributed by atoms with E-state index in [9.17, 15) is 12.8 Å². The van der Waals surface area contributed by atoms with E-state index in [1.54, 1.807) is 4.57 Å². The van der Waals surface area contributed by atoms with Gasteiger partial charge in [0.2, 0.25) is 16.0 Å². The average molecular weight is 316 g/mol. The molecule has 0 unspecified atom stereocenters. The molecule has 0 saturated heterocycles. The summed E-state index contributed by atoms with van der Waals surface area (Å²) in [5.41, 5.74) is 5.95. The number of anilines is 2. The van der Waals surface area contributed by atoms with Crippen LogP contribution in [0.25, 0.3) is 11.0 Å². The number of hydrogen-bond donors (Lipinski definition) is 2. The van der Waals surface area contributed by atoms with Crippen LogP contribution in [0.1, 0.15) is 19.9 Å². The monoisotopic (exact) mass is 316 g/mol. The first-order valence-corrected chi connectivity index (χ1v) is 8.04. The third-order valence-corrected chi connectivity index (χ3v) is 3.41. The first-order chi connectivity index (χ1) is 9.60. The third kappa shape index (κ3) is 3.05. The van der Waals surface area contributed by atoms with Crippen LogP contribution >= 0.6 is 0 Å². The van der Waals surface area contributed by atoms with Crippen molar-refractivity contribution in [1.29, 1.82) is 0 Å². The molecule has 21 heavy (non-hydrogen) atoms. The normalized spacial score (nSPS) is 12.3. The first kappa shape index (κ1) is 15.4. The molecular formula is C11H17FN6O2S. The van der Waals surface area contributed by atoms with E-state index >= 15 is 0 Å². The van der Waals surface area contributed by atoms with Crippen LogP contribution in [0.4, 0.5) is 16.2 Å². The molecule has 0 saturated carbocycles. The van der Waals surface area contributed by atoms with Crippen molar-refractivity contribution in [2.45, 2.75) is 19.9 Å². The van der Waals surface area contributed by atoms with Crippen molar-refractivity contribution >= 4 is 32.8 Å². The number of nitrogens with zero attached hydrogens (tertiary/aromatic N) is 4. The Morgan fingerprint density at radius 2 is 2.05 bits per heavy atom. The van der Waals surface area contributed by atoms with Gasteiger partial charge in [0.05, 0.1) is 11.6 Å². The van der Waals surface area contributed by atoms with Gasteiger partial charge in [-0.05, 0) is 13.8 Å². The Morgan fingerprint density at radius 1 is 1.43 bits per heavy atom. The lowest BCUT2D eigenvalue weighted by Gasteiger charge is -2.19.